The molecular weight excluding hydrogens is 596 g/mol. The van der Waals surface area contributed by atoms with E-state index in [4.69, 9.17) is 14.2 Å². The van der Waals surface area contributed by atoms with Gasteiger partial charge in [0.15, 0.2) is 0 Å². The normalized spacial score (nSPS) is 18.5. The van der Waals surface area contributed by atoms with Gasteiger partial charge in [-0.2, -0.15) is 5.26 Å². The van der Waals surface area contributed by atoms with E-state index < -0.39 is 5.60 Å². The minimum absolute atomic E-state index is 0.0380. The van der Waals surface area contributed by atoms with Gasteiger partial charge in [0, 0.05) is 45.5 Å². The summed E-state index contributed by atoms with van der Waals surface area (Å²) >= 11 is 3.42. The highest BCUT2D eigenvalue weighted by Crippen LogP contribution is 2.55. The number of carbonyl (C=O) groups excluding carboxylic acids is 2. The van der Waals surface area contributed by atoms with Crippen molar-refractivity contribution in [3.05, 3.63) is 63.6 Å². The summed E-state index contributed by atoms with van der Waals surface area (Å²) in [5.41, 5.74) is 0.843. The Morgan fingerprint density at radius 3 is 2.29 bits per heavy atom. The first-order valence-corrected chi connectivity index (χ1v) is 15.0. The first-order chi connectivity index (χ1) is 19.6. The number of rotatable bonds is 10. The van der Waals surface area contributed by atoms with E-state index in [1.165, 1.54) is 0 Å². The van der Waals surface area contributed by atoms with Crippen LogP contribution in [0.1, 0.15) is 89.2 Å². The summed E-state index contributed by atoms with van der Waals surface area (Å²) in [6.45, 7) is 14.3. The fourth-order valence-corrected chi connectivity index (χ4v) is 6.07. The Hall–Kier alpha value is -3.33. The molecule has 0 spiro atoms. The molecule has 1 amide bonds. The predicted octanol–water partition coefficient (Wildman–Crippen LogP) is 6.81. The zero-order valence-corrected chi connectivity index (χ0v) is 27.2. The van der Waals surface area contributed by atoms with Crippen molar-refractivity contribution >= 4 is 27.8 Å². The molecule has 0 bridgehead atoms. The van der Waals surface area contributed by atoms with E-state index in [9.17, 15) is 14.9 Å². The van der Waals surface area contributed by atoms with Crippen molar-refractivity contribution in [1.82, 2.24) is 5.32 Å². The molecule has 224 valence electrons. The van der Waals surface area contributed by atoms with Crippen LogP contribution in [0, 0.1) is 34.0 Å². The third kappa shape index (κ3) is 8.60. The highest BCUT2D eigenvalue weighted by atomic mass is 79.9. The van der Waals surface area contributed by atoms with Gasteiger partial charge in [0.2, 0.25) is 0 Å². The molecule has 1 N–H and O–H groups in total. The molecule has 0 aromatic heterocycles. The van der Waals surface area contributed by atoms with Crippen LogP contribution in [0.4, 0.5) is 0 Å². The monoisotopic (exact) mass is 636 g/mol. The zero-order valence-electron chi connectivity index (χ0n) is 25.6. The smallest absolute Gasteiger partial charge is 0.332 e. The minimum Gasteiger partial charge on any atom is -0.489 e. The summed E-state index contributed by atoms with van der Waals surface area (Å²) in [5.74, 6) is 6.49. The van der Waals surface area contributed by atoms with E-state index >= 15 is 0 Å². The van der Waals surface area contributed by atoms with Gasteiger partial charge in [-0.05, 0) is 92.0 Å². The van der Waals surface area contributed by atoms with Crippen molar-refractivity contribution in [1.29, 1.82) is 5.26 Å². The lowest BCUT2D eigenvalue weighted by Crippen LogP contribution is -2.74. The van der Waals surface area contributed by atoms with Gasteiger partial charge in [0.1, 0.15) is 30.1 Å². The molecule has 1 aliphatic carbocycles. The van der Waals surface area contributed by atoms with Crippen molar-refractivity contribution < 1.29 is 23.8 Å². The van der Waals surface area contributed by atoms with Gasteiger partial charge in [-0.1, -0.05) is 39.5 Å². The Morgan fingerprint density at radius 2 is 1.69 bits per heavy atom. The number of esters is 1. The SMILES string of the molecule is CC(C)(C)OC(=O)COCCCCC#Cc1ccc(C(=O)NC2C(C)(C)C(Oc3ccc(C#N)c(Br)c3)C2(C)C)cc1. The van der Waals surface area contributed by atoms with E-state index in [1.54, 1.807) is 24.3 Å². The number of unbranched alkanes of at least 4 members (excludes halogenated alkanes) is 2. The molecule has 1 fully saturated rings. The average molecular weight is 638 g/mol. The molecule has 42 heavy (non-hydrogen) atoms. The predicted molar refractivity (Wildman–Crippen MR) is 166 cm³/mol. The summed E-state index contributed by atoms with van der Waals surface area (Å²) in [6, 6.07) is 14.7. The third-order valence-corrected chi connectivity index (χ3v) is 7.95. The van der Waals surface area contributed by atoms with Crippen LogP contribution in [-0.4, -0.2) is 42.8 Å². The maximum atomic E-state index is 13.1. The Labute approximate surface area is 258 Å². The number of amides is 1. The molecule has 7 nitrogen and oxygen atoms in total. The highest BCUT2D eigenvalue weighted by Gasteiger charge is 2.64. The molecule has 0 unspecified atom stereocenters. The van der Waals surface area contributed by atoms with Crippen LogP contribution in [0.2, 0.25) is 0 Å². The van der Waals surface area contributed by atoms with Crippen molar-refractivity contribution in [2.24, 2.45) is 10.8 Å². The second kappa shape index (κ2) is 13.8. The Morgan fingerprint density at radius 1 is 1.02 bits per heavy atom. The van der Waals surface area contributed by atoms with Gasteiger partial charge in [-0.3, -0.25) is 4.79 Å². The van der Waals surface area contributed by atoms with E-state index in [2.05, 4.69) is 66.9 Å². The molecule has 8 heteroatoms. The van der Waals surface area contributed by atoms with Crippen molar-refractivity contribution in [2.75, 3.05) is 13.2 Å². The van der Waals surface area contributed by atoms with Gasteiger partial charge in [-0.15, -0.1) is 0 Å². The van der Waals surface area contributed by atoms with E-state index in [1.807, 2.05) is 39.0 Å². The number of hydrogen-bond donors (Lipinski definition) is 1. The summed E-state index contributed by atoms with van der Waals surface area (Å²) < 4.78 is 17.6. The molecular formula is C34H41BrN2O5. The summed E-state index contributed by atoms with van der Waals surface area (Å²) in [4.78, 5) is 24.8. The topological polar surface area (TPSA) is 97.7 Å². The molecule has 2 aromatic rings. The van der Waals surface area contributed by atoms with Crippen LogP contribution in [0.3, 0.4) is 0 Å². The molecule has 3 rings (SSSR count). The van der Waals surface area contributed by atoms with Gasteiger partial charge < -0.3 is 19.5 Å². The minimum atomic E-state index is -0.506. The number of nitriles is 1. The van der Waals surface area contributed by atoms with Crippen molar-refractivity contribution in [3.63, 3.8) is 0 Å². The maximum Gasteiger partial charge on any atom is 0.332 e. The summed E-state index contributed by atoms with van der Waals surface area (Å²) in [7, 11) is 0. The number of hydrogen-bond acceptors (Lipinski definition) is 6. The fraction of sp³-hybridized carbons (Fsp3) is 0.500. The molecule has 0 saturated heterocycles. The van der Waals surface area contributed by atoms with Crippen molar-refractivity contribution in [2.45, 2.75) is 85.5 Å². The van der Waals surface area contributed by atoms with Crippen LogP contribution < -0.4 is 10.1 Å². The molecule has 0 radical (unpaired) electrons. The number of benzene rings is 2. The Kier molecular flexibility index (Phi) is 10.9. The first-order valence-electron chi connectivity index (χ1n) is 14.2. The number of halogens is 1. The van der Waals surface area contributed by atoms with Crippen LogP contribution >= 0.6 is 15.9 Å². The number of carbonyl (C=O) groups is 2. The van der Waals surface area contributed by atoms with Gasteiger partial charge in [-0.25, -0.2) is 4.79 Å². The Bertz CT molecular complexity index is 1360. The summed E-state index contributed by atoms with van der Waals surface area (Å²) in [5, 5.41) is 12.4. The highest BCUT2D eigenvalue weighted by molar-refractivity contribution is 9.10. The zero-order chi connectivity index (χ0) is 31.1. The third-order valence-electron chi connectivity index (χ3n) is 7.29. The second-order valence-corrected chi connectivity index (χ2v) is 13.6. The Balaban J connectivity index is 1.46. The number of nitrogens with zero attached hydrogens (tertiary/aromatic N) is 1. The van der Waals surface area contributed by atoms with Crippen LogP contribution in [-0.2, 0) is 14.3 Å². The lowest BCUT2D eigenvalue weighted by atomic mass is 9.49. The van der Waals surface area contributed by atoms with E-state index in [-0.39, 0.29) is 41.5 Å². The van der Waals surface area contributed by atoms with Gasteiger partial charge in [0.25, 0.3) is 5.91 Å². The largest absolute Gasteiger partial charge is 0.489 e. The molecule has 1 saturated carbocycles. The standard InChI is InChI=1S/C34H41BrN2O5/c1-32(2,3)42-28(38)22-40-19-11-9-8-10-12-23-13-15-24(16-14-23)29(39)37-30-33(4,5)31(34(30,6)7)41-26-18-17-25(21-36)27(35)20-26/h13-18,20,30-31H,8-9,11,19,22H2,1-7H3,(H,37,39). The van der Waals surface area contributed by atoms with Gasteiger partial charge in [0.05, 0.1) is 5.56 Å². The molecule has 0 atom stereocenters. The molecule has 2 aromatic carbocycles. The second-order valence-electron chi connectivity index (χ2n) is 12.8. The van der Waals surface area contributed by atoms with Crippen LogP contribution in [0.25, 0.3) is 0 Å². The van der Waals surface area contributed by atoms with E-state index in [0.29, 0.717) is 34.4 Å². The van der Waals surface area contributed by atoms with Crippen molar-refractivity contribution in [3.8, 4) is 23.7 Å². The van der Waals surface area contributed by atoms with Gasteiger partial charge >= 0.3 is 5.97 Å². The van der Waals surface area contributed by atoms with E-state index in [0.717, 1.165) is 18.4 Å². The quantitative estimate of drug-likeness (QED) is 0.175. The lowest BCUT2D eigenvalue weighted by molar-refractivity contribution is -0.164. The maximum absolute atomic E-state index is 13.1. The molecule has 0 aliphatic heterocycles. The number of ether oxygens (including phenoxy) is 3. The summed E-state index contributed by atoms with van der Waals surface area (Å²) in [6.07, 6.45) is 2.25. The average Bonchev–Trinajstić information content (AvgIpc) is 2.90. The number of nitrogens with one attached hydrogen (secondary N) is 1. The van der Waals surface area contributed by atoms with Crippen LogP contribution in [0.5, 0.6) is 5.75 Å². The lowest BCUT2D eigenvalue weighted by Gasteiger charge is -2.63. The first kappa shape index (κ1) is 33.2. The fourth-order valence-electron chi connectivity index (χ4n) is 5.62. The molecule has 0 heterocycles. The molecule has 1 aliphatic rings. The van der Waals surface area contributed by atoms with Crippen LogP contribution in [0.15, 0.2) is 46.9 Å².